The van der Waals surface area contributed by atoms with Crippen LogP contribution in [-0.2, 0) is 9.59 Å². The highest BCUT2D eigenvalue weighted by atomic mass is 79.9. The molecule has 0 spiro atoms. The first-order valence-electron chi connectivity index (χ1n) is 10.3. The summed E-state index contributed by atoms with van der Waals surface area (Å²) in [5.41, 5.74) is -1.95. The molecule has 0 heterocycles. The lowest BCUT2D eigenvalue weighted by molar-refractivity contribution is -0.211. The molecule has 4 aliphatic carbocycles. The van der Waals surface area contributed by atoms with Gasteiger partial charge in [-0.3, -0.25) is 9.59 Å². The lowest BCUT2D eigenvalue weighted by Gasteiger charge is -2.63. The Morgan fingerprint density at radius 2 is 1.89 bits per heavy atom. The van der Waals surface area contributed by atoms with E-state index in [0.717, 1.165) is 24.8 Å². The van der Waals surface area contributed by atoms with Gasteiger partial charge in [-0.15, -0.1) is 0 Å². The van der Waals surface area contributed by atoms with Crippen molar-refractivity contribution in [3.05, 3.63) is 11.6 Å². The molecule has 27 heavy (non-hydrogen) atoms. The minimum absolute atomic E-state index is 0.0613. The second-order valence-corrected chi connectivity index (χ2v) is 10.6. The maximum absolute atomic E-state index is 12.8. The molecule has 0 aromatic rings. The molecule has 4 aliphatic rings. The van der Waals surface area contributed by atoms with Gasteiger partial charge in [0, 0.05) is 17.3 Å². The van der Waals surface area contributed by atoms with E-state index < -0.39 is 16.6 Å². The highest BCUT2D eigenvalue weighted by molar-refractivity contribution is 9.09. The molecule has 0 unspecified atom stereocenters. The van der Waals surface area contributed by atoms with Gasteiger partial charge in [-0.05, 0) is 62.4 Å². The Balaban J connectivity index is 1.77. The number of rotatable bonds is 2. The fourth-order valence-electron chi connectivity index (χ4n) is 7.54. The summed E-state index contributed by atoms with van der Waals surface area (Å²) in [5, 5.41) is 23.8. The van der Waals surface area contributed by atoms with E-state index in [0.29, 0.717) is 25.7 Å². The lowest BCUT2D eigenvalue weighted by atomic mass is 9.44. The van der Waals surface area contributed by atoms with Crippen molar-refractivity contribution in [3.63, 3.8) is 0 Å². The van der Waals surface area contributed by atoms with Crippen LogP contribution in [0.2, 0.25) is 0 Å². The summed E-state index contributed by atoms with van der Waals surface area (Å²) < 4.78 is 0. The summed E-state index contributed by atoms with van der Waals surface area (Å²) >= 11 is 3.27. The third-order valence-corrected chi connectivity index (χ3v) is 9.79. The van der Waals surface area contributed by atoms with Gasteiger partial charge >= 0.3 is 0 Å². The van der Waals surface area contributed by atoms with Crippen molar-refractivity contribution < 1.29 is 19.8 Å². The van der Waals surface area contributed by atoms with Gasteiger partial charge in [-0.2, -0.15) is 0 Å². The number of aliphatic hydroxyl groups is 2. The first kappa shape index (κ1) is 19.8. The molecule has 7 atom stereocenters. The van der Waals surface area contributed by atoms with Crippen molar-refractivity contribution >= 4 is 27.5 Å². The Morgan fingerprint density at radius 3 is 2.56 bits per heavy atom. The third kappa shape index (κ3) is 2.22. The highest BCUT2D eigenvalue weighted by Crippen LogP contribution is 2.70. The van der Waals surface area contributed by atoms with Crippen LogP contribution in [0.5, 0.6) is 0 Å². The predicted octanol–water partition coefficient (Wildman–Crippen LogP) is 3.57. The van der Waals surface area contributed by atoms with E-state index >= 15 is 0 Å². The first-order valence-corrected chi connectivity index (χ1v) is 11.4. The van der Waals surface area contributed by atoms with Gasteiger partial charge in [0.05, 0.1) is 10.9 Å². The SMILES string of the molecule is C[C@H]1C[C@H]2[C@@H]3CCC4=CC(=O)CC[C@]4(C)[C@@]3(O)CC[C@]2(C)[C@@]1(O)C(=O)CBr. The number of ketones is 2. The molecule has 0 amide bonds. The molecule has 0 aromatic heterocycles. The summed E-state index contributed by atoms with van der Waals surface area (Å²) in [5.74, 6) is 0.118. The minimum atomic E-state index is -1.33. The summed E-state index contributed by atoms with van der Waals surface area (Å²) in [4.78, 5) is 24.7. The number of alkyl halides is 1. The standard InChI is InChI=1S/C22H31BrO4/c1-13-10-17-16-5-4-14-11-15(24)6-7-19(14,2)21(16,26)9-8-20(17,3)22(13,27)18(25)12-23/h11,13,16-17,26-27H,4-10,12H2,1-3H3/t13-,16-,17-,19-,20-,21+,22-/m0/s1. The van der Waals surface area contributed by atoms with E-state index in [9.17, 15) is 19.8 Å². The smallest absolute Gasteiger partial charge is 0.175 e. The van der Waals surface area contributed by atoms with Crippen molar-refractivity contribution in [2.45, 2.75) is 76.9 Å². The van der Waals surface area contributed by atoms with Gasteiger partial charge in [0.2, 0.25) is 0 Å². The van der Waals surface area contributed by atoms with Crippen molar-refractivity contribution in [3.8, 4) is 0 Å². The maximum atomic E-state index is 12.8. The fourth-order valence-corrected chi connectivity index (χ4v) is 7.97. The van der Waals surface area contributed by atoms with E-state index in [-0.39, 0.29) is 40.1 Å². The molecule has 0 saturated heterocycles. The van der Waals surface area contributed by atoms with Gasteiger partial charge < -0.3 is 10.2 Å². The van der Waals surface area contributed by atoms with Gasteiger partial charge in [0.1, 0.15) is 5.60 Å². The first-order chi connectivity index (χ1) is 12.5. The Morgan fingerprint density at radius 1 is 1.19 bits per heavy atom. The van der Waals surface area contributed by atoms with E-state index in [1.165, 1.54) is 0 Å². The van der Waals surface area contributed by atoms with E-state index in [1.807, 2.05) is 6.92 Å². The Labute approximate surface area is 169 Å². The van der Waals surface area contributed by atoms with Crippen molar-refractivity contribution in [1.29, 1.82) is 0 Å². The molecule has 0 aliphatic heterocycles. The monoisotopic (exact) mass is 438 g/mol. The highest BCUT2D eigenvalue weighted by Gasteiger charge is 2.72. The van der Waals surface area contributed by atoms with Crippen LogP contribution in [0.4, 0.5) is 0 Å². The average molecular weight is 439 g/mol. The van der Waals surface area contributed by atoms with Crippen molar-refractivity contribution in [2.75, 3.05) is 5.33 Å². The summed E-state index contributed by atoms with van der Waals surface area (Å²) in [6.45, 7) is 6.19. The number of hydrogen-bond donors (Lipinski definition) is 2. The molecule has 150 valence electrons. The lowest BCUT2D eigenvalue weighted by Crippen LogP contribution is -2.66. The van der Waals surface area contributed by atoms with E-state index in [4.69, 9.17) is 0 Å². The van der Waals surface area contributed by atoms with Crippen LogP contribution >= 0.6 is 15.9 Å². The zero-order valence-electron chi connectivity index (χ0n) is 16.6. The zero-order chi connectivity index (χ0) is 19.8. The second kappa shape index (κ2) is 5.99. The van der Waals surface area contributed by atoms with Crippen LogP contribution in [0.1, 0.15) is 65.7 Å². The normalized spacial score (nSPS) is 51.9. The Hall–Kier alpha value is -0.520. The molecule has 3 fully saturated rings. The van der Waals surface area contributed by atoms with Crippen LogP contribution in [0.15, 0.2) is 11.6 Å². The Kier molecular flexibility index (Phi) is 4.39. The molecule has 4 rings (SSSR count). The fraction of sp³-hybridized carbons (Fsp3) is 0.818. The van der Waals surface area contributed by atoms with Crippen LogP contribution in [0.25, 0.3) is 0 Å². The van der Waals surface area contributed by atoms with Gasteiger partial charge in [0.15, 0.2) is 11.6 Å². The summed E-state index contributed by atoms with van der Waals surface area (Å²) in [6.07, 6.45) is 6.64. The predicted molar refractivity (Wildman–Crippen MR) is 106 cm³/mol. The minimum Gasteiger partial charge on any atom is -0.389 e. The molecule has 3 saturated carbocycles. The van der Waals surface area contributed by atoms with E-state index in [2.05, 4.69) is 29.8 Å². The zero-order valence-corrected chi connectivity index (χ0v) is 18.1. The molecule has 5 heteroatoms. The van der Waals surface area contributed by atoms with Crippen molar-refractivity contribution in [1.82, 2.24) is 0 Å². The van der Waals surface area contributed by atoms with Crippen molar-refractivity contribution in [2.24, 2.45) is 28.6 Å². The quantitative estimate of drug-likeness (QED) is 0.646. The number of halogens is 1. The molecule has 0 bridgehead atoms. The average Bonchev–Trinajstić information content (AvgIpc) is 2.84. The van der Waals surface area contributed by atoms with Gasteiger partial charge in [-0.25, -0.2) is 0 Å². The van der Waals surface area contributed by atoms with E-state index in [1.54, 1.807) is 6.08 Å². The number of Topliss-reactive ketones (excluding diaryl/α,β-unsaturated/α-hetero) is 1. The van der Waals surface area contributed by atoms with Crippen LogP contribution < -0.4 is 0 Å². The summed E-state index contributed by atoms with van der Waals surface area (Å²) in [7, 11) is 0. The van der Waals surface area contributed by atoms with Crippen LogP contribution in [-0.4, -0.2) is 38.3 Å². The second-order valence-electron chi connectivity index (χ2n) is 10.0. The number of carbonyl (C=O) groups is 2. The molecule has 4 nitrogen and oxygen atoms in total. The van der Waals surface area contributed by atoms with Gasteiger partial charge in [0.25, 0.3) is 0 Å². The largest absolute Gasteiger partial charge is 0.389 e. The number of hydrogen-bond acceptors (Lipinski definition) is 4. The van der Waals surface area contributed by atoms with Crippen LogP contribution in [0, 0.1) is 28.6 Å². The summed E-state index contributed by atoms with van der Waals surface area (Å²) in [6, 6.07) is 0. The topological polar surface area (TPSA) is 74.6 Å². The maximum Gasteiger partial charge on any atom is 0.175 e. The number of carbonyl (C=O) groups excluding carboxylic acids is 2. The van der Waals surface area contributed by atoms with Crippen LogP contribution in [0.3, 0.4) is 0 Å². The number of fused-ring (bicyclic) bond motifs is 5. The molecule has 0 aromatic carbocycles. The third-order valence-electron chi connectivity index (χ3n) is 9.28. The Bertz CT molecular complexity index is 732. The van der Waals surface area contributed by atoms with Gasteiger partial charge in [-0.1, -0.05) is 42.3 Å². The molecular formula is C22H31BrO4. The molecule has 2 N–H and O–H groups in total. The molecular weight excluding hydrogens is 408 g/mol. The molecule has 0 radical (unpaired) electrons.